The maximum absolute atomic E-state index is 11.3. The molecule has 0 aliphatic rings. The first-order chi connectivity index (χ1) is 8.34. The Kier molecular flexibility index (Phi) is 4.73. The molecular weight excluding hydrogens is 228 g/mol. The van der Waals surface area contributed by atoms with Crippen LogP contribution in [-0.4, -0.2) is 36.2 Å². The van der Waals surface area contributed by atoms with E-state index in [1.165, 1.54) is 4.90 Å². The molecule has 1 atom stereocenters. The minimum Gasteiger partial charge on any atom is -0.465 e. The second-order valence-electron chi connectivity index (χ2n) is 4.98. The van der Waals surface area contributed by atoms with Gasteiger partial charge in [-0.05, 0) is 52.6 Å². The van der Waals surface area contributed by atoms with E-state index in [0.29, 0.717) is 0 Å². The van der Waals surface area contributed by atoms with Gasteiger partial charge in [-0.15, -0.1) is 0 Å². The van der Waals surface area contributed by atoms with Crippen molar-refractivity contribution in [3.05, 3.63) is 29.8 Å². The molecule has 0 fully saturated rings. The maximum atomic E-state index is 11.3. The van der Waals surface area contributed by atoms with Crippen LogP contribution in [0.1, 0.15) is 32.4 Å². The average molecular weight is 250 g/mol. The van der Waals surface area contributed by atoms with E-state index in [4.69, 9.17) is 0 Å². The lowest BCUT2D eigenvalue weighted by atomic mass is 10.1. The zero-order valence-electron chi connectivity index (χ0n) is 11.7. The molecule has 0 saturated carbocycles. The number of hydrogen-bond donors (Lipinski definition) is 1. The number of nitrogens with zero attached hydrogens (tertiary/aromatic N) is 2. The fourth-order valence-electron chi connectivity index (χ4n) is 1.86. The Morgan fingerprint density at radius 3 is 2.28 bits per heavy atom. The van der Waals surface area contributed by atoms with Crippen LogP contribution in [-0.2, 0) is 0 Å². The topological polar surface area (TPSA) is 43.8 Å². The highest BCUT2D eigenvalue weighted by molar-refractivity contribution is 5.86. The molecule has 0 unspecified atom stereocenters. The molecule has 1 aromatic carbocycles. The quantitative estimate of drug-likeness (QED) is 0.892. The zero-order valence-corrected chi connectivity index (χ0v) is 11.7. The first kappa shape index (κ1) is 14.5. The van der Waals surface area contributed by atoms with E-state index < -0.39 is 6.09 Å². The van der Waals surface area contributed by atoms with Crippen LogP contribution < -0.4 is 4.90 Å². The largest absolute Gasteiger partial charge is 0.465 e. The summed E-state index contributed by atoms with van der Waals surface area (Å²) in [6, 6.07) is 7.89. The average Bonchev–Trinajstić information content (AvgIpc) is 2.27. The molecule has 1 aromatic rings. The van der Waals surface area contributed by atoms with Crippen LogP contribution >= 0.6 is 0 Å². The third kappa shape index (κ3) is 3.23. The molecule has 1 rings (SSSR count). The van der Waals surface area contributed by atoms with Gasteiger partial charge in [-0.3, -0.25) is 4.90 Å². The molecule has 0 bridgehead atoms. The molecule has 0 heterocycles. The lowest BCUT2D eigenvalue weighted by Gasteiger charge is -2.26. The fraction of sp³-hybridized carbons (Fsp3) is 0.500. The highest BCUT2D eigenvalue weighted by Crippen LogP contribution is 2.24. The van der Waals surface area contributed by atoms with E-state index in [1.807, 2.05) is 52.2 Å². The lowest BCUT2D eigenvalue weighted by molar-refractivity contribution is 0.200. The van der Waals surface area contributed by atoms with E-state index in [2.05, 4.69) is 11.8 Å². The van der Waals surface area contributed by atoms with Crippen molar-refractivity contribution in [3.63, 3.8) is 0 Å². The molecule has 4 nitrogen and oxygen atoms in total. The summed E-state index contributed by atoms with van der Waals surface area (Å²) < 4.78 is 0. The van der Waals surface area contributed by atoms with Crippen LogP contribution in [0.3, 0.4) is 0 Å². The Morgan fingerprint density at radius 1 is 1.22 bits per heavy atom. The van der Waals surface area contributed by atoms with Crippen LogP contribution in [0, 0.1) is 0 Å². The van der Waals surface area contributed by atoms with E-state index in [-0.39, 0.29) is 12.1 Å². The number of carbonyl (C=O) groups is 1. The van der Waals surface area contributed by atoms with Crippen molar-refractivity contribution in [3.8, 4) is 0 Å². The van der Waals surface area contributed by atoms with Gasteiger partial charge in [0.05, 0.1) is 0 Å². The maximum Gasteiger partial charge on any atom is 0.412 e. The molecule has 0 spiro atoms. The van der Waals surface area contributed by atoms with Crippen molar-refractivity contribution in [1.82, 2.24) is 4.90 Å². The van der Waals surface area contributed by atoms with Crippen LogP contribution in [0.2, 0.25) is 0 Å². The minimum absolute atomic E-state index is 0.0765. The SMILES string of the molecule is CC(C)N(C(=O)O)c1cccc([C@H](C)N(C)C)c1. The Balaban J connectivity index is 3.11. The molecule has 0 saturated heterocycles. The van der Waals surface area contributed by atoms with Crippen LogP contribution in [0.5, 0.6) is 0 Å². The molecular formula is C14H22N2O2. The van der Waals surface area contributed by atoms with Gasteiger partial charge in [-0.1, -0.05) is 12.1 Å². The number of rotatable bonds is 4. The predicted molar refractivity (Wildman–Crippen MR) is 74.2 cm³/mol. The lowest BCUT2D eigenvalue weighted by Crippen LogP contribution is -2.35. The van der Waals surface area contributed by atoms with Crippen molar-refractivity contribution in [1.29, 1.82) is 0 Å². The van der Waals surface area contributed by atoms with E-state index in [9.17, 15) is 9.90 Å². The Bertz CT molecular complexity index is 416. The van der Waals surface area contributed by atoms with Gasteiger partial charge in [0, 0.05) is 17.8 Å². The summed E-state index contributed by atoms with van der Waals surface area (Å²) in [4.78, 5) is 14.7. The Morgan fingerprint density at radius 2 is 1.83 bits per heavy atom. The highest BCUT2D eigenvalue weighted by Gasteiger charge is 2.19. The third-order valence-electron chi connectivity index (χ3n) is 3.13. The summed E-state index contributed by atoms with van der Waals surface area (Å²) in [5, 5.41) is 9.25. The van der Waals surface area contributed by atoms with Gasteiger partial charge >= 0.3 is 6.09 Å². The van der Waals surface area contributed by atoms with Gasteiger partial charge in [-0.2, -0.15) is 0 Å². The number of amides is 1. The van der Waals surface area contributed by atoms with Gasteiger partial charge in [0.1, 0.15) is 0 Å². The highest BCUT2D eigenvalue weighted by atomic mass is 16.4. The van der Waals surface area contributed by atoms with Crippen molar-refractivity contribution >= 4 is 11.8 Å². The van der Waals surface area contributed by atoms with Crippen LogP contribution in [0.25, 0.3) is 0 Å². The van der Waals surface area contributed by atoms with Crippen molar-refractivity contribution in [2.75, 3.05) is 19.0 Å². The van der Waals surface area contributed by atoms with E-state index in [1.54, 1.807) is 0 Å². The van der Waals surface area contributed by atoms with E-state index >= 15 is 0 Å². The summed E-state index contributed by atoms with van der Waals surface area (Å²) in [6.45, 7) is 5.84. The van der Waals surface area contributed by atoms with Crippen LogP contribution in [0.15, 0.2) is 24.3 Å². The van der Waals surface area contributed by atoms with Gasteiger partial charge in [0.2, 0.25) is 0 Å². The standard InChI is InChI=1S/C14H22N2O2/c1-10(2)16(14(17)18)13-8-6-7-12(9-13)11(3)15(4)5/h6-11H,1-5H3,(H,17,18)/t11-/m0/s1. The molecule has 18 heavy (non-hydrogen) atoms. The van der Waals surface area contributed by atoms with Crippen molar-refractivity contribution < 1.29 is 9.90 Å². The first-order valence-corrected chi connectivity index (χ1v) is 6.13. The summed E-state index contributed by atoms with van der Waals surface area (Å²) in [5.41, 5.74) is 1.84. The molecule has 0 aliphatic heterocycles. The fourth-order valence-corrected chi connectivity index (χ4v) is 1.86. The normalized spacial score (nSPS) is 12.8. The van der Waals surface area contributed by atoms with Gasteiger partial charge in [0.25, 0.3) is 0 Å². The molecule has 100 valence electrons. The van der Waals surface area contributed by atoms with Crippen LogP contribution in [0.4, 0.5) is 10.5 Å². The third-order valence-corrected chi connectivity index (χ3v) is 3.13. The molecule has 4 heteroatoms. The van der Waals surface area contributed by atoms with Gasteiger partial charge in [0.15, 0.2) is 0 Å². The smallest absolute Gasteiger partial charge is 0.412 e. The number of carboxylic acid groups (broad SMARTS) is 1. The number of hydrogen-bond acceptors (Lipinski definition) is 2. The number of benzene rings is 1. The van der Waals surface area contributed by atoms with Gasteiger partial charge in [-0.25, -0.2) is 4.79 Å². The zero-order chi connectivity index (χ0) is 13.9. The predicted octanol–water partition coefficient (Wildman–Crippen LogP) is 3.20. The molecule has 0 aromatic heterocycles. The van der Waals surface area contributed by atoms with E-state index in [0.717, 1.165) is 11.3 Å². The summed E-state index contributed by atoms with van der Waals surface area (Å²) in [5.74, 6) is 0. The summed E-state index contributed by atoms with van der Waals surface area (Å²) in [7, 11) is 4.02. The van der Waals surface area contributed by atoms with Crippen molar-refractivity contribution in [2.45, 2.75) is 32.9 Å². The summed E-state index contributed by atoms with van der Waals surface area (Å²) >= 11 is 0. The van der Waals surface area contributed by atoms with Gasteiger partial charge < -0.3 is 10.0 Å². The number of anilines is 1. The Hall–Kier alpha value is -1.55. The second-order valence-corrected chi connectivity index (χ2v) is 4.98. The monoisotopic (exact) mass is 250 g/mol. The first-order valence-electron chi connectivity index (χ1n) is 6.13. The molecule has 0 radical (unpaired) electrons. The molecule has 1 N–H and O–H groups in total. The minimum atomic E-state index is -0.917. The molecule has 0 aliphatic carbocycles. The summed E-state index contributed by atoms with van der Waals surface area (Å²) in [6.07, 6.45) is -0.917. The van der Waals surface area contributed by atoms with Crippen molar-refractivity contribution in [2.24, 2.45) is 0 Å². The second kappa shape index (κ2) is 5.87. The Labute approximate surface area is 109 Å². The molecule has 1 amide bonds.